The fourth-order valence-corrected chi connectivity index (χ4v) is 4.16. The number of ketones is 1. The number of sulfonamides is 1. The normalized spacial score (nSPS) is 11.2. The predicted octanol–water partition coefficient (Wildman–Crippen LogP) is 5.03. The molecule has 0 atom stereocenters. The van der Waals surface area contributed by atoms with Gasteiger partial charge in [-0.05, 0) is 54.1 Å². The fourth-order valence-electron chi connectivity index (χ4n) is 2.91. The van der Waals surface area contributed by atoms with Gasteiger partial charge in [-0.1, -0.05) is 23.7 Å². The molecule has 150 valence electrons. The van der Waals surface area contributed by atoms with Crippen molar-refractivity contribution in [1.29, 1.82) is 0 Å². The summed E-state index contributed by atoms with van der Waals surface area (Å²) in [5.41, 5.74) is 2.32. The van der Waals surface area contributed by atoms with Crippen LogP contribution in [0.15, 0.2) is 94.9 Å². The number of carbonyl (C=O) groups excluding carboxylic acids is 1. The number of hydrogen-bond acceptors (Lipinski definition) is 5. The van der Waals surface area contributed by atoms with Crippen molar-refractivity contribution in [3.63, 3.8) is 0 Å². The van der Waals surface area contributed by atoms with E-state index in [1.54, 1.807) is 42.9 Å². The van der Waals surface area contributed by atoms with Gasteiger partial charge in [-0.2, -0.15) is 0 Å². The Balaban J connectivity index is 1.66. The number of nitrogens with zero attached hydrogens (tertiary/aromatic N) is 1. The second-order valence-electron chi connectivity index (χ2n) is 6.40. The molecule has 0 unspecified atom stereocenters. The molecule has 8 heteroatoms. The molecule has 0 spiro atoms. The van der Waals surface area contributed by atoms with Crippen molar-refractivity contribution in [1.82, 2.24) is 4.98 Å². The molecular formula is C22H15ClN2O4S. The molecule has 2 aromatic carbocycles. The van der Waals surface area contributed by atoms with Crippen LogP contribution in [0.4, 0.5) is 5.69 Å². The zero-order chi connectivity index (χ0) is 21.1. The van der Waals surface area contributed by atoms with Gasteiger partial charge < -0.3 is 4.42 Å². The van der Waals surface area contributed by atoms with Crippen LogP contribution in [0.2, 0.25) is 5.02 Å². The summed E-state index contributed by atoms with van der Waals surface area (Å²) in [7, 11) is -3.93. The summed E-state index contributed by atoms with van der Waals surface area (Å²) in [4.78, 5) is 16.8. The summed E-state index contributed by atoms with van der Waals surface area (Å²) < 4.78 is 33.4. The highest BCUT2D eigenvalue weighted by Crippen LogP contribution is 2.27. The van der Waals surface area contributed by atoms with Gasteiger partial charge in [-0.3, -0.25) is 14.5 Å². The Labute approximate surface area is 178 Å². The summed E-state index contributed by atoms with van der Waals surface area (Å²) >= 11 is 6.05. The zero-order valence-corrected chi connectivity index (χ0v) is 17.0. The highest BCUT2D eigenvalue weighted by molar-refractivity contribution is 7.92. The van der Waals surface area contributed by atoms with Crippen LogP contribution in [0.1, 0.15) is 15.9 Å². The average Bonchev–Trinajstić information content (AvgIpc) is 3.30. The first-order chi connectivity index (χ1) is 14.4. The van der Waals surface area contributed by atoms with E-state index in [2.05, 4.69) is 9.71 Å². The third kappa shape index (κ3) is 4.12. The summed E-state index contributed by atoms with van der Waals surface area (Å²) in [5.74, 6) is -0.368. The number of nitrogens with one attached hydrogen (secondary N) is 1. The van der Waals surface area contributed by atoms with Gasteiger partial charge in [0, 0.05) is 34.1 Å². The van der Waals surface area contributed by atoms with Crippen LogP contribution in [0, 0.1) is 0 Å². The van der Waals surface area contributed by atoms with Crippen molar-refractivity contribution >= 4 is 33.1 Å². The van der Waals surface area contributed by atoms with Crippen LogP contribution < -0.4 is 4.72 Å². The summed E-state index contributed by atoms with van der Waals surface area (Å²) in [6.45, 7) is 0. The van der Waals surface area contributed by atoms with Crippen LogP contribution in [0.3, 0.4) is 0 Å². The van der Waals surface area contributed by atoms with Crippen LogP contribution in [-0.4, -0.2) is 19.2 Å². The lowest BCUT2D eigenvalue weighted by molar-refractivity contribution is 0.103. The predicted molar refractivity (Wildman–Crippen MR) is 114 cm³/mol. The third-order valence-corrected chi connectivity index (χ3v) is 6.05. The Kier molecular flexibility index (Phi) is 5.39. The summed E-state index contributed by atoms with van der Waals surface area (Å²) in [5, 5.41) is 0.319. The van der Waals surface area contributed by atoms with Crippen molar-refractivity contribution in [3.8, 4) is 11.1 Å². The van der Waals surface area contributed by atoms with Crippen molar-refractivity contribution in [3.05, 3.63) is 102 Å². The van der Waals surface area contributed by atoms with Gasteiger partial charge in [-0.25, -0.2) is 8.42 Å². The first kappa shape index (κ1) is 19.9. The Bertz CT molecular complexity index is 1290. The van der Waals surface area contributed by atoms with Crippen LogP contribution >= 0.6 is 11.6 Å². The Morgan fingerprint density at radius 1 is 0.933 bits per heavy atom. The first-order valence-corrected chi connectivity index (χ1v) is 10.7. The number of hydrogen-bond donors (Lipinski definition) is 1. The van der Waals surface area contributed by atoms with Crippen molar-refractivity contribution in [2.75, 3.05) is 4.72 Å². The van der Waals surface area contributed by atoms with E-state index < -0.39 is 10.0 Å². The quantitative estimate of drug-likeness (QED) is 0.426. The molecule has 30 heavy (non-hydrogen) atoms. The molecule has 4 aromatic rings. The molecule has 0 radical (unpaired) electrons. The highest BCUT2D eigenvalue weighted by atomic mass is 35.5. The topological polar surface area (TPSA) is 89.3 Å². The second-order valence-corrected chi connectivity index (χ2v) is 8.52. The molecule has 0 saturated heterocycles. The lowest BCUT2D eigenvalue weighted by atomic mass is 10.0. The second kappa shape index (κ2) is 8.14. The molecule has 1 N–H and O–H groups in total. The van der Waals surface area contributed by atoms with E-state index >= 15 is 0 Å². The molecule has 0 saturated carbocycles. The van der Waals surface area contributed by atoms with E-state index in [0.29, 0.717) is 10.6 Å². The van der Waals surface area contributed by atoms with Crippen LogP contribution in [0.25, 0.3) is 11.1 Å². The van der Waals surface area contributed by atoms with Gasteiger partial charge in [0.2, 0.25) is 0 Å². The third-order valence-electron chi connectivity index (χ3n) is 4.43. The van der Waals surface area contributed by atoms with Crippen molar-refractivity contribution in [2.24, 2.45) is 0 Å². The monoisotopic (exact) mass is 438 g/mol. The zero-order valence-electron chi connectivity index (χ0n) is 15.4. The van der Waals surface area contributed by atoms with Gasteiger partial charge in [-0.15, -0.1) is 0 Å². The average molecular weight is 439 g/mol. The summed E-state index contributed by atoms with van der Waals surface area (Å²) in [6.07, 6.45) is 6.10. The van der Waals surface area contributed by atoms with Gasteiger partial charge in [0.25, 0.3) is 10.0 Å². The number of aromatic nitrogens is 1. The molecule has 4 rings (SSSR count). The minimum absolute atomic E-state index is 0.0620. The Morgan fingerprint density at radius 3 is 2.33 bits per heavy atom. The minimum Gasteiger partial charge on any atom is -0.472 e. The maximum atomic E-state index is 12.9. The molecule has 0 fully saturated rings. The van der Waals surface area contributed by atoms with E-state index in [0.717, 1.165) is 11.1 Å². The number of rotatable bonds is 6. The Hall–Kier alpha value is -3.42. The number of carbonyl (C=O) groups is 1. The van der Waals surface area contributed by atoms with Gasteiger partial charge in [0.1, 0.15) is 0 Å². The molecule has 0 aliphatic heterocycles. The van der Waals surface area contributed by atoms with Crippen LogP contribution in [-0.2, 0) is 10.0 Å². The van der Waals surface area contributed by atoms with Crippen molar-refractivity contribution < 1.29 is 17.6 Å². The van der Waals surface area contributed by atoms with E-state index in [-0.39, 0.29) is 21.9 Å². The Morgan fingerprint density at radius 2 is 1.67 bits per heavy atom. The molecule has 0 aliphatic carbocycles. The standard InChI is InChI=1S/C22H15ClN2O4S/c23-18-3-6-21(20(13-18)22(26)16-7-10-24-11-8-16)25-30(27,28)19-4-1-15(2-5-19)17-9-12-29-14-17/h1-14,25H. The number of benzene rings is 2. The van der Waals surface area contributed by atoms with Crippen LogP contribution in [0.5, 0.6) is 0 Å². The minimum atomic E-state index is -3.93. The highest BCUT2D eigenvalue weighted by Gasteiger charge is 2.20. The largest absolute Gasteiger partial charge is 0.472 e. The van der Waals surface area contributed by atoms with Crippen molar-refractivity contribution in [2.45, 2.75) is 4.90 Å². The summed E-state index contributed by atoms with van der Waals surface area (Å²) in [6, 6.07) is 15.7. The van der Waals surface area contributed by atoms with E-state index in [9.17, 15) is 13.2 Å². The molecule has 2 aromatic heterocycles. The molecule has 0 bridgehead atoms. The lowest BCUT2D eigenvalue weighted by Crippen LogP contribution is -2.16. The number of pyridine rings is 1. The van der Waals surface area contributed by atoms with E-state index in [4.69, 9.17) is 16.0 Å². The number of anilines is 1. The first-order valence-electron chi connectivity index (χ1n) is 8.84. The molecule has 6 nitrogen and oxygen atoms in total. The van der Waals surface area contributed by atoms with E-state index in [1.165, 1.54) is 42.7 Å². The van der Waals surface area contributed by atoms with Gasteiger partial charge in [0.05, 0.1) is 23.1 Å². The SMILES string of the molecule is O=C(c1ccncc1)c1cc(Cl)ccc1NS(=O)(=O)c1ccc(-c2ccoc2)cc1. The van der Waals surface area contributed by atoms with Gasteiger partial charge in [0.15, 0.2) is 5.78 Å². The lowest BCUT2D eigenvalue weighted by Gasteiger charge is -2.13. The van der Waals surface area contributed by atoms with Gasteiger partial charge >= 0.3 is 0 Å². The smallest absolute Gasteiger partial charge is 0.261 e. The fraction of sp³-hybridized carbons (Fsp3) is 0. The molecule has 0 amide bonds. The van der Waals surface area contributed by atoms with E-state index in [1.807, 2.05) is 0 Å². The number of furan rings is 1. The maximum Gasteiger partial charge on any atom is 0.261 e. The maximum absolute atomic E-state index is 12.9. The number of halogens is 1. The molecular weight excluding hydrogens is 424 g/mol. The molecule has 2 heterocycles. The molecule has 0 aliphatic rings.